The van der Waals surface area contributed by atoms with Gasteiger partial charge in [-0.05, 0) is 35.9 Å². The van der Waals surface area contributed by atoms with E-state index in [4.69, 9.17) is 18.2 Å². The minimum absolute atomic E-state index is 0.0529. The Labute approximate surface area is 216 Å². The number of carbonyl (C=O) groups is 2. The van der Waals surface area contributed by atoms with Crippen LogP contribution in [0.2, 0.25) is 5.02 Å². The molecule has 3 aromatic carbocycles. The third kappa shape index (κ3) is 5.83. The molecule has 3 N–H and O–H groups in total. The van der Waals surface area contributed by atoms with Crippen molar-refractivity contribution in [3.63, 3.8) is 0 Å². The number of aromatic nitrogens is 2. The Morgan fingerprint density at radius 2 is 1.78 bits per heavy atom. The van der Waals surface area contributed by atoms with E-state index in [0.717, 1.165) is 0 Å². The largest absolute Gasteiger partial charge is 0.480 e. The number of nitrogens with zero attached hydrogens (tertiary/aromatic N) is 3. The molecule has 12 heteroatoms. The van der Waals surface area contributed by atoms with Crippen LogP contribution in [0.4, 0.5) is 11.4 Å². The highest BCUT2D eigenvalue weighted by Gasteiger charge is 2.25. The monoisotopic (exact) mass is 535 g/mol. The molecule has 0 saturated heterocycles. The molecular weight excluding hydrogens is 518 g/mol. The van der Waals surface area contributed by atoms with Crippen LogP contribution in [-0.2, 0) is 21.2 Å². The van der Waals surface area contributed by atoms with Crippen LogP contribution in [0, 0.1) is 6.57 Å². The van der Waals surface area contributed by atoms with Crippen LogP contribution in [0.25, 0.3) is 15.9 Å². The quantitative estimate of drug-likeness (QED) is 0.289. The average Bonchev–Trinajstić information content (AvgIpc) is 2.88. The number of benzene rings is 3. The predicted molar refractivity (Wildman–Crippen MR) is 137 cm³/mol. The van der Waals surface area contributed by atoms with Gasteiger partial charge in [-0.15, -0.1) is 0 Å². The number of amides is 1. The summed E-state index contributed by atoms with van der Waals surface area (Å²) in [5, 5.41) is 12.3. The molecule has 0 aliphatic carbocycles. The van der Waals surface area contributed by atoms with Crippen molar-refractivity contribution in [2.75, 3.05) is 4.72 Å². The van der Waals surface area contributed by atoms with Crippen LogP contribution in [-0.4, -0.2) is 41.4 Å². The lowest BCUT2D eigenvalue weighted by Crippen LogP contribution is -2.42. The Bertz CT molecular complexity index is 1650. The minimum Gasteiger partial charge on any atom is -0.480 e. The highest BCUT2D eigenvalue weighted by Crippen LogP contribution is 2.27. The first-order chi connectivity index (χ1) is 17.7. The fourth-order valence-electron chi connectivity index (χ4n) is 3.56. The number of carboxylic acid groups (broad SMARTS) is 1. The van der Waals surface area contributed by atoms with Gasteiger partial charge in [-0.1, -0.05) is 41.9 Å². The van der Waals surface area contributed by atoms with E-state index >= 15 is 0 Å². The first kappa shape index (κ1) is 25.6. The molecule has 0 saturated carbocycles. The molecule has 1 aromatic heterocycles. The van der Waals surface area contributed by atoms with Crippen LogP contribution in [0.15, 0.2) is 78.0 Å². The zero-order chi connectivity index (χ0) is 26.6. The van der Waals surface area contributed by atoms with Crippen LogP contribution >= 0.6 is 11.6 Å². The van der Waals surface area contributed by atoms with Crippen molar-refractivity contribution < 1.29 is 23.1 Å². The van der Waals surface area contributed by atoms with Crippen LogP contribution < -0.4 is 10.0 Å². The number of anilines is 1. The lowest BCUT2D eigenvalue weighted by atomic mass is 10.0. The van der Waals surface area contributed by atoms with Crippen molar-refractivity contribution in [1.82, 2.24) is 15.3 Å². The second-order valence-electron chi connectivity index (χ2n) is 7.82. The highest BCUT2D eigenvalue weighted by atomic mass is 35.5. The normalized spacial score (nSPS) is 11.9. The van der Waals surface area contributed by atoms with Crippen molar-refractivity contribution in [2.45, 2.75) is 17.4 Å². The third-order valence-electron chi connectivity index (χ3n) is 5.33. The summed E-state index contributed by atoms with van der Waals surface area (Å²) >= 11 is 6.08. The molecule has 4 rings (SSSR count). The summed E-state index contributed by atoms with van der Waals surface area (Å²) < 4.78 is 28.9. The number of halogens is 1. The van der Waals surface area contributed by atoms with E-state index in [1.54, 1.807) is 30.3 Å². The summed E-state index contributed by atoms with van der Waals surface area (Å²) in [6.45, 7) is 7.01. The molecule has 0 radical (unpaired) electrons. The predicted octanol–water partition coefficient (Wildman–Crippen LogP) is 4.06. The molecule has 0 aliphatic rings. The summed E-state index contributed by atoms with van der Waals surface area (Å²) in [6.07, 6.45) is 2.74. The molecule has 1 atom stereocenters. The summed E-state index contributed by atoms with van der Waals surface area (Å²) in [5.74, 6) is -2.11. The summed E-state index contributed by atoms with van der Waals surface area (Å²) in [5.41, 5.74) is 1.22. The molecule has 0 aliphatic heterocycles. The lowest BCUT2D eigenvalue weighted by Gasteiger charge is -2.17. The number of para-hydroxylation sites is 1. The first-order valence-electron chi connectivity index (χ1n) is 10.7. The van der Waals surface area contributed by atoms with E-state index in [1.807, 2.05) is 0 Å². The maximum Gasteiger partial charge on any atom is 0.326 e. The summed E-state index contributed by atoms with van der Waals surface area (Å²) in [6, 6.07) is 13.4. The van der Waals surface area contributed by atoms with Gasteiger partial charge in [0.2, 0.25) is 0 Å². The number of fused-ring (bicyclic) bond motifs is 1. The van der Waals surface area contributed by atoms with E-state index in [-0.39, 0.29) is 33.1 Å². The molecule has 0 fully saturated rings. The van der Waals surface area contributed by atoms with Gasteiger partial charge in [0.15, 0.2) is 5.69 Å². The van der Waals surface area contributed by atoms with E-state index in [1.165, 1.54) is 42.7 Å². The number of nitrogens with one attached hydrogen (secondary N) is 2. The van der Waals surface area contributed by atoms with Gasteiger partial charge >= 0.3 is 5.97 Å². The van der Waals surface area contributed by atoms with Gasteiger partial charge in [-0.2, -0.15) is 0 Å². The van der Waals surface area contributed by atoms with Crippen molar-refractivity contribution in [2.24, 2.45) is 0 Å². The molecule has 0 spiro atoms. The van der Waals surface area contributed by atoms with Crippen LogP contribution in [0.3, 0.4) is 0 Å². The van der Waals surface area contributed by atoms with E-state index in [9.17, 15) is 23.1 Å². The van der Waals surface area contributed by atoms with E-state index < -0.39 is 27.9 Å². The van der Waals surface area contributed by atoms with E-state index in [2.05, 4.69) is 24.9 Å². The first-order valence-corrected chi connectivity index (χ1v) is 12.6. The molecule has 1 unspecified atom stereocenters. The fourth-order valence-corrected chi connectivity index (χ4v) is 4.97. The highest BCUT2D eigenvalue weighted by molar-refractivity contribution is 7.93. The van der Waals surface area contributed by atoms with Crippen LogP contribution in [0.1, 0.15) is 15.9 Å². The average molecular weight is 536 g/mol. The third-order valence-corrected chi connectivity index (χ3v) is 6.96. The van der Waals surface area contributed by atoms with Gasteiger partial charge in [-0.25, -0.2) is 18.1 Å². The Kier molecular flexibility index (Phi) is 7.33. The van der Waals surface area contributed by atoms with Gasteiger partial charge in [0.1, 0.15) is 16.5 Å². The van der Waals surface area contributed by atoms with Gasteiger partial charge < -0.3 is 10.4 Å². The van der Waals surface area contributed by atoms with Gasteiger partial charge in [0.05, 0.1) is 23.3 Å². The summed E-state index contributed by atoms with van der Waals surface area (Å²) in [4.78, 5) is 36.3. The molecule has 1 amide bonds. The second kappa shape index (κ2) is 10.6. The minimum atomic E-state index is -4.24. The molecular formula is C25H18ClN5O5S. The number of rotatable bonds is 8. The maximum absolute atomic E-state index is 13.3. The zero-order valence-electron chi connectivity index (χ0n) is 18.9. The topological polar surface area (TPSA) is 143 Å². The fraction of sp³-hybridized carbons (Fsp3) is 0.0800. The van der Waals surface area contributed by atoms with Crippen molar-refractivity contribution in [3.05, 3.63) is 101 Å². The second-order valence-corrected chi connectivity index (χ2v) is 9.91. The number of carbonyl (C=O) groups excluding carboxylic acids is 1. The number of hydrogen-bond donors (Lipinski definition) is 3. The van der Waals surface area contributed by atoms with Crippen molar-refractivity contribution in [1.29, 1.82) is 0 Å². The van der Waals surface area contributed by atoms with Crippen LogP contribution in [0.5, 0.6) is 0 Å². The molecule has 37 heavy (non-hydrogen) atoms. The number of sulfonamides is 1. The maximum atomic E-state index is 13.3. The molecule has 186 valence electrons. The van der Waals surface area contributed by atoms with Crippen molar-refractivity contribution in [3.8, 4) is 0 Å². The molecule has 1 heterocycles. The SMILES string of the molecule is [C-]#[N+]c1ccc(CC(NC(=O)c2ccc(Cl)cc2NS(=O)(=O)c2cccc3nccnc23)C(=O)O)cc1. The lowest BCUT2D eigenvalue weighted by molar-refractivity contribution is -0.139. The van der Waals surface area contributed by atoms with Gasteiger partial charge in [0, 0.05) is 23.8 Å². The Morgan fingerprint density at radius 3 is 2.49 bits per heavy atom. The Morgan fingerprint density at radius 1 is 1.05 bits per heavy atom. The molecule has 4 aromatic rings. The van der Waals surface area contributed by atoms with Crippen molar-refractivity contribution >= 4 is 55.9 Å². The Balaban J connectivity index is 1.62. The molecule has 10 nitrogen and oxygen atoms in total. The molecule has 0 bridgehead atoms. The van der Waals surface area contributed by atoms with E-state index in [0.29, 0.717) is 16.8 Å². The van der Waals surface area contributed by atoms with Gasteiger partial charge in [-0.3, -0.25) is 19.5 Å². The zero-order valence-corrected chi connectivity index (χ0v) is 20.5. The Hall–Kier alpha value is -4.53. The standard InChI is InChI=1S/C25H18ClN5O5S/c1-27-17-8-5-15(6-9-17)13-21(25(33)34)30-24(32)18-10-7-16(26)14-20(18)31-37(35,36)22-4-2-3-19-23(22)29-12-11-28-19/h2-12,14,21,31H,13H2,(H,30,32)(H,33,34). The number of carboxylic acids is 1. The van der Waals surface area contributed by atoms with Gasteiger partial charge in [0.25, 0.3) is 15.9 Å². The number of aliphatic carboxylic acids is 1. The summed E-state index contributed by atoms with van der Waals surface area (Å²) in [7, 11) is -4.24. The smallest absolute Gasteiger partial charge is 0.326 e. The number of hydrogen-bond acceptors (Lipinski definition) is 6.